The molecule has 1 saturated heterocycles. The Morgan fingerprint density at radius 3 is 2.37 bits per heavy atom. The summed E-state index contributed by atoms with van der Waals surface area (Å²) in [6.45, 7) is 2.12. The van der Waals surface area contributed by atoms with Crippen molar-refractivity contribution >= 4 is 21.6 Å². The molecule has 1 atom stereocenters. The summed E-state index contributed by atoms with van der Waals surface area (Å²) in [5.41, 5.74) is 1.97. The molecule has 1 unspecified atom stereocenters. The highest BCUT2D eigenvalue weighted by atomic mass is 32.2. The van der Waals surface area contributed by atoms with Crippen molar-refractivity contribution in [2.24, 2.45) is 0 Å². The number of aryl methyl sites for hydroxylation is 1. The second kappa shape index (κ2) is 9.95. The van der Waals surface area contributed by atoms with Gasteiger partial charge in [0.25, 0.3) is 15.9 Å². The van der Waals surface area contributed by atoms with E-state index < -0.39 is 15.8 Å². The van der Waals surface area contributed by atoms with Crippen molar-refractivity contribution in [1.29, 1.82) is 0 Å². The Morgan fingerprint density at radius 2 is 1.71 bits per heavy atom. The van der Waals surface area contributed by atoms with Gasteiger partial charge in [-0.05, 0) is 85.5 Å². The zero-order valence-corrected chi connectivity index (χ0v) is 20.6. The number of benzene rings is 3. The predicted molar refractivity (Wildman–Crippen MR) is 131 cm³/mol. The molecule has 1 fully saturated rings. The van der Waals surface area contributed by atoms with Crippen molar-refractivity contribution in [3.63, 3.8) is 0 Å². The van der Waals surface area contributed by atoms with Gasteiger partial charge in [-0.3, -0.25) is 9.52 Å². The average Bonchev–Trinajstić information content (AvgIpc) is 3.35. The van der Waals surface area contributed by atoms with E-state index in [0.717, 1.165) is 24.5 Å². The van der Waals surface area contributed by atoms with E-state index in [9.17, 15) is 17.6 Å². The second-order valence-corrected chi connectivity index (χ2v) is 10.0. The minimum absolute atomic E-state index is 0.0358. The quantitative estimate of drug-likeness (QED) is 0.499. The van der Waals surface area contributed by atoms with E-state index >= 15 is 0 Å². The fraction of sp³-hybridized carbons (Fsp3) is 0.269. The summed E-state index contributed by atoms with van der Waals surface area (Å²) in [5.74, 6) is 0.629. The van der Waals surface area contributed by atoms with Gasteiger partial charge in [0.05, 0.1) is 25.2 Å². The van der Waals surface area contributed by atoms with E-state index in [1.54, 1.807) is 38.5 Å². The van der Waals surface area contributed by atoms with Crippen LogP contribution in [0.1, 0.15) is 40.4 Å². The molecule has 4 rings (SSSR count). The van der Waals surface area contributed by atoms with Gasteiger partial charge in [0, 0.05) is 17.8 Å². The maximum Gasteiger partial charge on any atom is 0.261 e. The third-order valence-electron chi connectivity index (χ3n) is 6.13. The Labute approximate surface area is 204 Å². The van der Waals surface area contributed by atoms with E-state index in [4.69, 9.17) is 9.47 Å². The summed E-state index contributed by atoms with van der Waals surface area (Å²) in [5, 5.41) is 0. The van der Waals surface area contributed by atoms with Crippen LogP contribution in [0.25, 0.3) is 0 Å². The van der Waals surface area contributed by atoms with Crippen LogP contribution in [0.5, 0.6) is 11.5 Å². The molecule has 0 saturated carbocycles. The number of rotatable bonds is 7. The second-order valence-electron chi connectivity index (χ2n) is 8.36. The molecule has 3 aromatic rings. The highest BCUT2D eigenvalue weighted by molar-refractivity contribution is 7.92. The Balaban J connectivity index is 1.51. The van der Waals surface area contributed by atoms with Crippen LogP contribution in [-0.4, -0.2) is 40.0 Å². The van der Waals surface area contributed by atoms with Crippen LogP contribution in [0.3, 0.4) is 0 Å². The molecule has 3 aromatic carbocycles. The summed E-state index contributed by atoms with van der Waals surface area (Å²) < 4.78 is 52.0. The number of carbonyl (C=O) groups excluding carboxylic acids is 1. The van der Waals surface area contributed by atoms with Crippen molar-refractivity contribution in [2.45, 2.75) is 30.7 Å². The van der Waals surface area contributed by atoms with Crippen molar-refractivity contribution in [2.75, 3.05) is 25.5 Å². The molecule has 184 valence electrons. The molecule has 1 amide bonds. The number of likely N-dealkylation sites (tertiary alicyclic amines) is 1. The van der Waals surface area contributed by atoms with Gasteiger partial charge in [0.1, 0.15) is 5.82 Å². The Bertz CT molecular complexity index is 1340. The smallest absolute Gasteiger partial charge is 0.261 e. The zero-order valence-electron chi connectivity index (χ0n) is 19.7. The van der Waals surface area contributed by atoms with Crippen LogP contribution >= 0.6 is 0 Å². The summed E-state index contributed by atoms with van der Waals surface area (Å²) in [6.07, 6.45) is 1.70. The lowest BCUT2D eigenvalue weighted by atomic mass is 10.0. The molecular weight excluding hydrogens is 471 g/mol. The Kier molecular flexibility index (Phi) is 6.98. The number of ether oxygens (including phenoxy) is 2. The maximum absolute atomic E-state index is 13.5. The molecule has 35 heavy (non-hydrogen) atoms. The zero-order chi connectivity index (χ0) is 25.2. The number of nitrogens with one attached hydrogen (secondary N) is 1. The highest BCUT2D eigenvalue weighted by Gasteiger charge is 2.31. The van der Waals surface area contributed by atoms with Gasteiger partial charge in [-0.15, -0.1) is 0 Å². The molecule has 1 heterocycles. The molecule has 1 aliphatic rings. The van der Waals surface area contributed by atoms with Gasteiger partial charge in [-0.25, -0.2) is 12.8 Å². The van der Waals surface area contributed by atoms with E-state index in [2.05, 4.69) is 4.72 Å². The van der Waals surface area contributed by atoms with Gasteiger partial charge in [0.15, 0.2) is 11.5 Å². The first-order valence-electron chi connectivity index (χ1n) is 11.2. The van der Waals surface area contributed by atoms with E-state index in [1.165, 1.54) is 19.1 Å². The topological polar surface area (TPSA) is 84.9 Å². The van der Waals surface area contributed by atoms with Crippen LogP contribution < -0.4 is 14.2 Å². The molecule has 9 heteroatoms. The molecule has 0 spiro atoms. The number of amides is 1. The number of hydrogen-bond donors (Lipinski definition) is 1. The molecular formula is C26H27FN2O5S. The molecule has 0 aliphatic carbocycles. The fourth-order valence-corrected chi connectivity index (χ4v) is 5.40. The van der Waals surface area contributed by atoms with E-state index in [1.807, 2.05) is 23.1 Å². The molecule has 0 aromatic heterocycles. The largest absolute Gasteiger partial charge is 0.493 e. The van der Waals surface area contributed by atoms with Gasteiger partial charge in [-0.1, -0.05) is 6.07 Å². The Morgan fingerprint density at radius 1 is 1.00 bits per heavy atom. The average molecular weight is 499 g/mol. The molecule has 1 N–H and O–H groups in total. The number of hydrogen-bond acceptors (Lipinski definition) is 5. The summed E-state index contributed by atoms with van der Waals surface area (Å²) >= 11 is 0. The standard InChI is InChI=1S/C26H27FN2O5S/c1-17-15-21(11-12-22(17)27)35(31,32)28-20-9-6-18(7-10-20)26(30)29-14-4-5-23(29)19-8-13-24(33-2)25(16-19)34-3/h6-13,15-16,23,28H,4-5,14H2,1-3H3. The number of halogens is 1. The van der Waals surface area contributed by atoms with Gasteiger partial charge in [0.2, 0.25) is 0 Å². The predicted octanol–water partition coefficient (Wildman–Crippen LogP) is 4.93. The van der Waals surface area contributed by atoms with Crippen LogP contribution in [0, 0.1) is 12.7 Å². The maximum atomic E-state index is 13.5. The lowest BCUT2D eigenvalue weighted by Gasteiger charge is -2.26. The monoisotopic (exact) mass is 498 g/mol. The first-order valence-corrected chi connectivity index (χ1v) is 12.6. The third-order valence-corrected chi connectivity index (χ3v) is 7.51. The van der Waals surface area contributed by atoms with Crippen molar-refractivity contribution in [3.8, 4) is 11.5 Å². The molecule has 1 aliphatic heterocycles. The van der Waals surface area contributed by atoms with Crippen molar-refractivity contribution < 1.29 is 27.1 Å². The fourth-order valence-electron chi connectivity index (χ4n) is 4.26. The molecule has 0 radical (unpaired) electrons. The van der Waals surface area contributed by atoms with Crippen LogP contribution in [0.2, 0.25) is 0 Å². The summed E-state index contributed by atoms with van der Waals surface area (Å²) in [4.78, 5) is 15.1. The summed E-state index contributed by atoms with van der Waals surface area (Å²) in [7, 11) is -0.740. The summed E-state index contributed by atoms with van der Waals surface area (Å²) in [6, 6.07) is 15.5. The van der Waals surface area contributed by atoms with Crippen molar-refractivity contribution in [1.82, 2.24) is 4.90 Å². The first-order chi connectivity index (χ1) is 16.7. The van der Waals surface area contributed by atoms with Crippen LogP contribution in [-0.2, 0) is 10.0 Å². The number of carbonyl (C=O) groups is 1. The van der Waals surface area contributed by atoms with Gasteiger partial charge in [-0.2, -0.15) is 0 Å². The minimum atomic E-state index is -3.89. The van der Waals surface area contributed by atoms with Gasteiger partial charge >= 0.3 is 0 Å². The first kappa shape index (κ1) is 24.5. The lowest BCUT2D eigenvalue weighted by molar-refractivity contribution is 0.0735. The van der Waals surface area contributed by atoms with E-state index in [0.29, 0.717) is 29.3 Å². The molecule has 0 bridgehead atoms. The van der Waals surface area contributed by atoms with E-state index in [-0.39, 0.29) is 22.4 Å². The van der Waals surface area contributed by atoms with Crippen LogP contribution in [0.4, 0.5) is 10.1 Å². The number of nitrogens with zero attached hydrogens (tertiary/aromatic N) is 1. The lowest BCUT2D eigenvalue weighted by Crippen LogP contribution is -2.30. The minimum Gasteiger partial charge on any atom is -0.493 e. The number of methoxy groups -OCH3 is 2. The Hall–Kier alpha value is -3.59. The SMILES string of the molecule is COc1ccc(C2CCCN2C(=O)c2ccc(NS(=O)(=O)c3ccc(F)c(C)c3)cc2)cc1OC. The number of sulfonamides is 1. The number of anilines is 1. The van der Waals surface area contributed by atoms with Crippen LogP contribution in [0.15, 0.2) is 65.6 Å². The normalized spacial score (nSPS) is 15.7. The highest BCUT2D eigenvalue weighted by Crippen LogP contribution is 2.37. The third kappa shape index (κ3) is 5.09. The molecule has 7 nitrogen and oxygen atoms in total. The van der Waals surface area contributed by atoms with Crippen molar-refractivity contribution in [3.05, 3.63) is 83.2 Å². The van der Waals surface area contributed by atoms with Gasteiger partial charge < -0.3 is 14.4 Å².